The zero-order valence-electron chi connectivity index (χ0n) is 14.8. The molecule has 0 radical (unpaired) electrons. The topological polar surface area (TPSA) is 49.8 Å². The number of carbonyl (C=O) groups is 1. The van der Waals surface area contributed by atoms with Crippen molar-refractivity contribution in [2.45, 2.75) is 58.1 Å². The Morgan fingerprint density at radius 1 is 1.33 bits per heavy atom. The molecule has 4 heteroatoms. The van der Waals surface area contributed by atoms with E-state index in [9.17, 15) is 9.90 Å². The molecule has 1 aromatic carbocycles. The Morgan fingerprint density at radius 3 is 2.92 bits per heavy atom. The first-order valence-corrected chi connectivity index (χ1v) is 9.17. The Hall–Kier alpha value is -1.39. The molecule has 2 fully saturated rings. The maximum absolute atomic E-state index is 12.8. The van der Waals surface area contributed by atoms with Crippen LogP contribution in [0.5, 0.6) is 0 Å². The van der Waals surface area contributed by atoms with Gasteiger partial charge in [-0.15, -0.1) is 0 Å². The fraction of sp³-hybridized carbons (Fsp3) is 0.650. The van der Waals surface area contributed by atoms with E-state index in [1.807, 2.05) is 4.90 Å². The Kier molecular flexibility index (Phi) is 5.57. The van der Waals surface area contributed by atoms with Crippen LogP contribution in [0.15, 0.2) is 18.2 Å². The quantitative estimate of drug-likeness (QED) is 0.923. The third-order valence-electron chi connectivity index (χ3n) is 5.58. The lowest BCUT2D eigenvalue weighted by atomic mass is 9.89. The molecule has 1 N–H and O–H groups in total. The molecule has 2 aliphatic heterocycles. The van der Waals surface area contributed by atoms with Gasteiger partial charge in [0.05, 0.1) is 12.7 Å². The minimum absolute atomic E-state index is 0.0753. The molecule has 3 rings (SSSR count). The molecule has 24 heavy (non-hydrogen) atoms. The standard InChI is InChI=1S/C20H29NO3/c1-14-5-6-16(15(2)12-14)7-8-20(23)21-10-3-4-18(21)17-13-24-11-9-19(17)22/h5-6,12,17-19,22H,3-4,7-11,13H2,1-2H3/t17-,18+,19-/m0/s1. The SMILES string of the molecule is Cc1ccc(CCC(=O)N2CCC[C@@H]2[C@@H]2COCC[C@@H]2O)c(C)c1. The lowest BCUT2D eigenvalue weighted by Crippen LogP contribution is -2.48. The number of aliphatic hydroxyl groups excluding tert-OH is 1. The lowest BCUT2D eigenvalue weighted by Gasteiger charge is -2.37. The summed E-state index contributed by atoms with van der Waals surface area (Å²) in [6, 6.07) is 6.57. The van der Waals surface area contributed by atoms with Crippen molar-refractivity contribution in [3.05, 3.63) is 34.9 Å². The average Bonchev–Trinajstić information content (AvgIpc) is 3.03. The average molecular weight is 331 g/mol. The van der Waals surface area contributed by atoms with Crippen LogP contribution in [0, 0.1) is 19.8 Å². The van der Waals surface area contributed by atoms with Crippen molar-refractivity contribution in [3.8, 4) is 0 Å². The number of likely N-dealkylation sites (tertiary alicyclic amines) is 1. The second-order valence-corrected chi connectivity index (χ2v) is 7.32. The summed E-state index contributed by atoms with van der Waals surface area (Å²) < 4.78 is 5.55. The number of benzene rings is 1. The normalized spacial score (nSPS) is 27.5. The minimum Gasteiger partial charge on any atom is -0.393 e. The summed E-state index contributed by atoms with van der Waals surface area (Å²) in [5.74, 6) is 0.293. The largest absolute Gasteiger partial charge is 0.393 e. The number of hydrogen-bond donors (Lipinski definition) is 1. The van der Waals surface area contributed by atoms with Gasteiger partial charge in [0.1, 0.15) is 0 Å². The molecule has 2 aliphatic rings. The summed E-state index contributed by atoms with van der Waals surface area (Å²) >= 11 is 0. The van der Waals surface area contributed by atoms with E-state index in [-0.39, 0.29) is 24.0 Å². The highest BCUT2D eigenvalue weighted by Gasteiger charge is 2.39. The van der Waals surface area contributed by atoms with Crippen LogP contribution in [0.25, 0.3) is 0 Å². The molecule has 2 heterocycles. The molecule has 132 valence electrons. The summed E-state index contributed by atoms with van der Waals surface area (Å²) in [6.45, 7) is 6.23. The summed E-state index contributed by atoms with van der Waals surface area (Å²) in [4.78, 5) is 14.8. The van der Waals surface area contributed by atoms with Crippen LogP contribution in [-0.4, -0.2) is 47.8 Å². The van der Waals surface area contributed by atoms with E-state index in [1.54, 1.807) is 0 Å². The van der Waals surface area contributed by atoms with Crippen molar-refractivity contribution in [3.63, 3.8) is 0 Å². The summed E-state index contributed by atoms with van der Waals surface area (Å²) in [6.07, 6.45) is 3.70. The van der Waals surface area contributed by atoms with Gasteiger partial charge in [0, 0.05) is 31.5 Å². The van der Waals surface area contributed by atoms with E-state index in [1.165, 1.54) is 16.7 Å². The van der Waals surface area contributed by atoms with E-state index in [2.05, 4.69) is 32.0 Å². The van der Waals surface area contributed by atoms with Crippen molar-refractivity contribution in [2.75, 3.05) is 19.8 Å². The Bertz CT molecular complexity index is 586. The number of nitrogens with zero attached hydrogens (tertiary/aromatic N) is 1. The Morgan fingerprint density at radius 2 is 2.17 bits per heavy atom. The van der Waals surface area contributed by atoms with Crippen LogP contribution in [-0.2, 0) is 16.0 Å². The van der Waals surface area contributed by atoms with Gasteiger partial charge in [-0.1, -0.05) is 23.8 Å². The van der Waals surface area contributed by atoms with Gasteiger partial charge >= 0.3 is 0 Å². The predicted molar refractivity (Wildman–Crippen MR) is 93.9 cm³/mol. The van der Waals surface area contributed by atoms with Crippen molar-refractivity contribution in [1.29, 1.82) is 0 Å². The van der Waals surface area contributed by atoms with Crippen LogP contribution in [0.4, 0.5) is 0 Å². The first-order valence-electron chi connectivity index (χ1n) is 9.17. The summed E-state index contributed by atoms with van der Waals surface area (Å²) in [5.41, 5.74) is 3.77. The zero-order valence-corrected chi connectivity index (χ0v) is 14.8. The van der Waals surface area contributed by atoms with E-state index in [4.69, 9.17) is 4.74 Å². The molecule has 0 saturated carbocycles. The lowest BCUT2D eigenvalue weighted by molar-refractivity contribution is -0.136. The highest BCUT2D eigenvalue weighted by atomic mass is 16.5. The summed E-state index contributed by atoms with van der Waals surface area (Å²) in [7, 11) is 0. The van der Waals surface area contributed by atoms with Crippen LogP contribution < -0.4 is 0 Å². The molecule has 0 aliphatic carbocycles. The number of aliphatic hydroxyl groups is 1. The fourth-order valence-corrected chi connectivity index (χ4v) is 4.17. The molecule has 0 spiro atoms. The van der Waals surface area contributed by atoms with E-state index in [0.29, 0.717) is 26.1 Å². The van der Waals surface area contributed by atoms with Crippen molar-refractivity contribution in [1.82, 2.24) is 4.90 Å². The molecule has 3 atom stereocenters. The van der Waals surface area contributed by atoms with Gasteiger partial charge in [-0.05, 0) is 50.7 Å². The van der Waals surface area contributed by atoms with Gasteiger partial charge in [0.15, 0.2) is 0 Å². The predicted octanol–water partition coefficient (Wildman–Crippen LogP) is 2.62. The molecule has 0 bridgehead atoms. The minimum atomic E-state index is -0.337. The third kappa shape index (κ3) is 3.81. The molecule has 2 saturated heterocycles. The van der Waals surface area contributed by atoms with E-state index in [0.717, 1.165) is 25.8 Å². The van der Waals surface area contributed by atoms with Gasteiger partial charge in [0.25, 0.3) is 0 Å². The zero-order chi connectivity index (χ0) is 17.1. The van der Waals surface area contributed by atoms with Crippen LogP contribution >= 0.6 is 0 Å². The van der Waals surface area contributed by atoms with Gasteiger partial charge in [-0.3, -0.25) is 4.79 Å². The fourth-order valence-electron chi connectivity index (χ4n) is 4.17. The van der Waals surface area contributed by atoms with E-state index >= 15 is 0 Å². The number of amides is 1. The molecule has 1 amide bonds. The van der Waals surface area contributed by atoms with Gasteiger partial charge < -0.3 is 14.7 Å². The highest BCUT2D eigenvalue weighted by molar-refractivity contribution is 5.77. The molecule has 1 aromatic rings. The highest BCUT2D eigenvalue weighted by Crippen LogP contribution is 2.30. The van der Waals surface area contributed by atoms with Crippen LogP contribution in [0.1, 0.15) is 42.4 Å². The van der Waals surface area contributed by atoms with Crippen molar-refractivity contribution in [2.24, 2.45) is 5.92 Å². The maximum atomic E-state index is 12.8. The maximum Gasteiger partial charge on any atom is 0.223 e. The second kappa shape index (κ2) is 7.66. The molecular formula is C20H29NO3. The van der Waals surface area contributed by atoms with Crippen LogP contribution in [0.3, 0.4) is 0 Å². The number of hydrogen-bond acceptors (Lipinski definition) is 3. The van der Waals surface area contributed by atoms with Gasteiger partial charge in [-0.2, -0.15) is 0 Å². The smallest absolute Gasteiger partial charge is 0.223 e. The Balaban J connectivity index is 1.61. The van der Waals surface area contributed by atoms with Crippen molar-refractivity contribution < 1.29 is 14.6 Å². The summed E-state index contributed by atoms with van der Waals surface area (Å²) in [5, 5.41) is 10.3. The van der Waals surface area contributed by atoms with Crippen molar-refractivity contribution >= 4 is 5.91 Å². The second-order valence-electron chi connectivity index (χ2n) is 7.32. The van der Waals surface area contributed by atoms with Gasteiger partial charge in [0.2, 0.25) is 5.91 Å². The van der Waals surface area contributed by atoms with E-state index < -0.39 is 0 Å². The van der Waals surface area contributed by atoms with Crippen LogP contribution in [0.2, 0.25) is 0 Å². The molecular weight excluding hydrogens is 302 g/mol. The monoisotopic (exact) mass is 331 g/mol. The van der Waals surface area contributed by atoms with Gasteiger partial charge in [-0.25, -0.2) is 0 Å². The Labute approximate surface area is 144 Å². The molecule has 0 aromatic heterocycles. The molecule has 0 unspecified atom stereocenters. The number of rotatable bonds is 4. The first-order chi connectivity index (χ1) is 11.6. The first kappa shape index (κ1) is 17.4. The number of aryl methyl sites for hydroxylation is 3. The molecule has 4 nitrogen and oxygen atoms in total. The number of ether oxygens (including phenoxy) is 1. The number of carbonyl (C=O) groups excluding carboxylic acids is 1. The third-order valence-corrected chi connectivity index (χ3v) is 5.58.